The van der Waals surface area contributed by atoms with Crippen LogP contribution in [0.5, 0.6) is 0 Å². The molecule has 0 saturated heterocycles. The van der Waals surface area contributed by atoms with Gasteiger partial charge >= 0.3 is 0 Å². The fraction of sp³-hybridized carbons (Fsp3) is 0.500. The largest absolute Gasteiger partial charge is 0.324 e. The molecule has 1 aromatic carbocycles. The van der Waals surface area contributed by atoms with Crippen LogP contribution in [-0.2, 0) is 4.79 Å². The van der Waals surface area contributed by atoms with E-state index in [1.165, 1.54) is 5.56 Å². The van der Waals surface area contributed by atoms with Crippen molar-refractivity contribution in [2.75, 3.05) is 5.32 Å². The third-order valence-corrected chi connectivity index (χ3v) is 3.07. The first-order valence-corrected chi connectivity index (χ1v) is 6.19. The quantitative estimate of drug-likeness (QED) is 0.823. The summed E-state index contributed by atoms with van der Waals surface area (Å²) in [5, 5.41) is 2.90. The Morgan fingerprint density at radius 1 is 1.41 bits per heavy atom. The summed E-state index contributed by atoms with van der Waals surface area (Å²) in [5.41, 5.74) is 8.96. The summed E-state index contributed by atoms with van der Waals surface area (Å²) in [4.78, 5) is 11.8. The van der Waals surface area contributed by atoms with Crippen LogP contribution in [0.3, 0.4) is 0 Å². The molecule has 1 atom stereocenters. The third kappa shape index (κ3) is 3.86. The van der Waals surface area contributed by atoms with Gasteiger partial charge in [0.15, 0.2) is 0 Å². The Hall–Kier alpha value is -1.35. The van der Waals surface area contributed by atoms with E-state index in [1.54, 1.807) is 0 Å². The van der Waals surface area contributed by atoms with Crippen molar-refractivity contribution >= 4 is 11.6 Å². The van der Waals surface area contributed by atoms with Gasteiger partial charge in [0.2, 0.25) is 5.91 Å². The molecule has 94 valence electrons. The summed E-state index contributed by atoms with van der Waals surface area (Å²) in [6.45, 7) is 6.12. The van der Waals surface area contributed by atoms with Crippen molar-refractivity contribution in [3.63, 3.8) is 0 Å². The lowest BCUT2D eigenvalue weighted by atomic mass is 10.1. The molecule has 0 unspecified atom stereocenters. The molecule has 0 spiro atoms. The summed E-state index contributed by atoms with van der Waals surface area (Å²) >= 11 is 0. The second-order valence-corrected chi connectivity index (χ2v) is 4.49. The first kappa shape index (κ1) is 13.7. The number of unbranched alkanes of at least 4 members (excludes halogenated alkanes) is 1. The highest BCUT2D eigenvalue weighted by Crippen LogP contribution is 2.18. The monoisotopic (exact) mass is 234 g/mol. The van der Waals surface area contributed by atoms with Gasteiger partial charge in [0.25, 0.3) is 0 Å². The Morgan fingerprint density at radius 3 is 2.76 bits per heavy atom. The molecule has 0 saturated carbocycles. The van der Waals surface area contributed by atoms with Gasteiger partial charge in [-0.3, -0.25) is 4.79 Å². The number of amides is 1. The van der Waals surface area contributed by atoms with Crippen molar-refractivity contribution in [1.82, 2.24) is 0 Å². The second-order valence-electron chi connectivity index (χ2n) is 4.49. The van der Waals surface area contributed by atoms with Gasteiger partial charge in [-0.15, -0.1) is 0 Å². The topological polar surface area (TPSA) is 55.1 Å². The number of hydrogen-bond donors (Lipinski definition) is 2. The number of carbonyl (C=O) groups excluding carboxylic acids is 1. The molecule has 1 aromatic rings. The highest BCUT2D eigenvalue weighted by molar-refractivity contribution is 5.95. The maximum absolute atomic E-state index is 11.8. The van der Waals surface area contributed by atoms with Crippen LogP contribution < -0.4 is 11.1 Å². The summed E-state index contributed by atoms with van der Waals surface area (Å²) < 4.78 is 0. The number of aryl methyl sites for hydroxylation is 1. The SMILES string of the molecule is CCCC[C@H](N)C(=O)Nc1cccc(C)c1C. The Kier molecular flexibility index (Phi) is 5.16. The zero-order chi connectivity index (χ0) is 12.8. The van der Waals surface area contributed by atoms with Gasteiger partial charge < -0.3 is 11.1 Å². The molecular weight excluding hydrogens is 212 g/mol. The maximum atomic E-state index is 11.8. The third-order valence-electron chi connectivity index (χ3n) is 3.07. The van der Waals surface area contributed by atoms with E-state index in [-0.39, 0.29) is 5.91 Å². The number of rotatable bonds is 5. The van der Waals surface area contributed by atoms with E-state index in [2.05, 4.69) is 12.2 Å². The molecule has 0 aliphatic rings. The van der Waals surface area contributed by atoms with E-state index in [9.17, 15) is 4.79 Å². The summed E-state index contributed by atoms with van der Waals surface area (Å²) in [7, 11) is 0. The van der Waals surface area contributed by atoms with Gasteiger partial charge in [-0.2, -0.15) is 0 Å². The molecule has 0 aliphatic carbocycles. The van der Waals surface area contributed by atoms with E-state index in [4.69, 9.17) is 5.73 Å². The molecule has 17 heavy (non-hydrogen) atoms. The molecular formula is C14H22N2O. The molecule has 0 aromatic heterocycles. The number of nitrogens with two attached hydrogens (primary N) is 1. The van der Waals surface area contributed by atoms with Crippen LogP contribution in [0.15, 0.2) is 18.2 Å². The molecule has 3 heteroatoms. The van der Waals surface area contributed by atoms with Crippen LogP contribution in [0.25, 0.3) is 0 Å². The number of anilines is 1. The summed E-state index contributed by atoms with van der Waals surface area (Å²) in [6, 6.07) is 5.47. The minimum atomic E-state index is -0.408. The molecule has 1 amide bonds. The van der Waals surface area contributed by atoms with Crippen LogP contribution in [0.2, 0.25) is 0 Å². The number of hydrogen-bond acceptors (Lipinski definition) is 2. The molecule has 3 N–H and O–H groups in total. The molecule has 0 radical (unpaired) electrons. The van der Waals surface area contributed by atoms with Crippen LogP contribution in [0.4, 0.5) is 5.69 Å². The van der Waals surface area contributed by atoms with Gasteiger partial charge in [0.1, 0.15) is 0 Å². The molecule has 0 bridgehead atoms. The van der Waals surface area contributed by atoms with Crippen molar-refractivity contribution in [2.45, 2.75) is 46.1 Å². The van der Waals surface area contributed by atoms with Crippen molar-refractivity contribution in [2.24, 2.45) is 5.73 Å². The lowest BCUT2D eigenvalue weighted by Gasteiger charge is -2.14. The minimum Gasteiger partial charge on any atom is -0.324 e. The van der Waals surface area contributed by atoms with Gasteiger partial charge in [0, 0.05) is 5.69 Å². The van der Waals surface area contributed by atoms with E-state index < -0.39 is 6.04 Å². The molecule has 0 fully saturated rings. The standard InChI is InChI=1S/C14H22N2O/c1-4-5-8-12(15)14(17)16-13-9-6-7-10(2)11(13)3/h6-7,9,12H,4-5,8,15H2,1-3H3,(H,16,17)/t12-/m0/s1. The number of nitrogens with one attached hydrogen (secondary N) is 1. The summed E-state index contributed by atoms with van der Waals surface area (Å²) in [5.74, 6) is -0.0906. The Balaban J connectivity index is 2.64. The molecule has 3 nitrogen and oxygen atoms in total. The van der Waals surface area contributed by atoms with E-state index >= 15 is 0 Å². The molecule has 0 aliphatic heterocycles. The average Bonchev–Trinajstić information content (AvgIpc) is 2.31. The van der Waals surface area contributed by atoms with Gasteiger partial charge in [-0.05, 0) is 37.5 Å². The predicted octanol–water partition coefficient (Wildman–Crippen LogP) is 2.76. The van der Waals surface area contributed by atoms with Crippen molar-refractivity contribution in [1.29, 1.82) is 0 Å². The zero-order valence-electron chi connectivity index (χ0n) is 10.9. The van der Waals surface area contributed by atoms with Crippen molar-refractivity contribution in [3.05, 3.63) is 29.3 Å². The van der Waals surface area contributed by atoms with Gasteiger partial charge in [-0.25, -0.2) is 0 Å². The number of benzene rings is 1. The Bertz CT molecular complexity index is 388. The van der Waals surface area contributed by atoms with E-state index in [1.807, 2.05) is 32.0 Å². The highest BCUT2D eigenvalue weighted by Gasteiger charge is 2.13. The van der Waals surface area contributed by atoms with E-state index in [0.29, 0.717) is 0 Å². The summed E-state index contributed by atoms with van der Waals surface area (Å²) in [6.07, 6.45) is 2.79. The van der Waals surface area contributed by atoms with Crippen molar-refractivity contribution in [3.8, 4) is 0 Å². The fourth-order valence-electron chi connectivity index (χ4n) is 1.67. The highest BCUT2D eigenvalue weighted by atomic mass is 16.2. The van der Waals surface area contributed by atoms with Crippen LogP contribution >= 0.6 is 0 Å². The van der Waals surface area contributed by atoms with Crippen LogP contribution in [0, 0.1) is 13.8 Å². The van der Waals surface area contributed by atoms with Crippen molar-refractivity contribution < 1.29 is 4.79 Å². The maximum Gasteiger partial charge on any atom is 0.241 e. The molecule has 0 heterocycles. The first-order chi connectivity index (χ1) is 8.06. The lowest BCUT2D eigenvalue weighted by Crippen LogP contribution is -2.35. The lowest BCUT2D eigenvalue weighted by molar-refractivity contribution is -0.117. The van der Waals surface area contributed by atoms with Gasteiger partial charge in [0.05, 0.1) is 6.04 Å². The van der Waals surface area contributed by atoms with E-state index in [0.717, 1.165) is 30.5 Å². The van der Waals surface area contributed by atoms with Gasteiger partial charge in [-0.1, -0.05) is 31.9 Å². The Morgan fingerprint density at radius 2 is 2.12 bits per heavy atom. The zero-order valence-corrected chi connectivity index (χ0v) is 10.9. The minimum absolute atomic E-state index is 0.0906. The van der Waals surface area contributed by atoms with Crippen LogP contribution in [0.1, 0.15) is 37.3 Å². The number of carbonyl (C=O) groups is 1. The second kappa shape index (κ2) is 6.40. The van der Waals surface area contributed by atoms with Crippen LogP contribution in [-0.4, -0.2) is 11.9 Å². The fourth-order valence-corrected chi connectivity index (χ4v) is 1.67. The smallest absolute Gasteiger partial charge is 0.241 e. The first-order valence-electron chi connectivity index (χ1n) is 6.19. The normalized spacial score (nSPS) is 12.2. The average molecular weight is 234 g/mol. The predicted molar refractivity (Wildman–Crippen MR) is 72.0 cm³/mol. The molecule has 1 rings (SSSR count). The Labute approximate surface area is 103 Å².